The first kappa shape index (κ1) is 23.3. The van der Waals surface area contributed by atoms with Crippen molar-refractivity contribution in [2.24, 2.45) is 0 Å². The van der Waals surface area contributed by atoms with E-state index in [-0.39, 0.29) is 25.3 Å². The molecule has 1 aromatic heterocycles. The Morgan fingerprint density at radius 3 is 2.31 bits per heavy atom. The van der Waals surface area contributed by atoms with Gasteiger partial charge in [-0.3, -0.25) is 4.90 Å². The van der Waals surface area contributed by atoms with Crippen LogP contribution in [0.3, 0.4) is 0 Å². The second-order valence-corrected chi connectivity index (χ2v) is 11.9. The van der Waals surface area contributed by atoms with Gasteiger partial charge in [-0.15, -0.1) is 11.8 Å². The molecule has 0 N–H and O–H groups in total. The highest BCUT2D eigenvalue weighted by Crippen LogP contribution is 2.41. The summed E-state index contributed by atoms with van der Waals surface area (Å²) >= 11 is 23.4. The van der Waals surface area contributed by atoms with Crippen molar-refractivity contribution >= 4 is 83.4 Å². The number of fused-ring (bicyclic) bond motifs is 1. The summed E-state index contributed by atoms with van der Waals surface area (Å²) in [6.45, 7) is 3.86. The number of nitrogens with zero attached hydrogens (tertiary/aromatic N) is 2. The fraction of sp³-hybridized carbons (Fsp3) is 0.263. The van der Waals surface area contributed by atoms with Gasteiger partial charge in [0.1, 0.15) is 4.90 Å². The SMILES string of the molecule is Cc1c(SC(C)N(C)C)c2cc(Br)ccc2n1S(=O)(=O)c1cc(Cl)c(Cl)cc1Cl. The van der Waals surface area contributed by atoms with Gasteiger partial charge in [-0.1, -0.05) is 50.7 Å². The van der Waals surface area contributed by atoms with Crippen molar-refractivity contribution in [2.75, 3.05) is 14.1 Å². The molecular formula is C19H18BrCl3N2O2S2. The van der Waals surface area contributed by atoms with Gasteiger partial charge in [0, 0.05) is 20.4 Å². The fourth-order valence-electron chi connectivity index (χ4n) is 2.87. The Bertz CT molecular complexity index is 1210. The molecule has 0 saturated heterocycles. The first-order chi connectivity index (χ1) is 13.4. The molecule has 3 rings (SSSR count). The molecule has 0 saturated carbocycles. The van der Waals surface area contributed by atoms with E-state index < -0.39 is 10.0 Å². The third-order valence-corrected chi connectivity index (χ3v) is 9.56. The Balaban J connectivity index is 2.33. The molecule has 0 bridgehead atoms. The highest BCUT2D eigenvalue weighted by atomic mass is 79.9. The maximum absolute atomic E-state index is 13.6. The first-order valence-electron chi connectivity index (χ1n) is 8.49. The molecule has 3 aromatic rings. The number of aromatic nitrogens is 1. The molecule has 1 heterocycles. The van der Waals surface area contributed by atoms with E-state index in [0.717, 1.165) is 14.8 Å². The van der Waals surface area contributed by atoms with Crippen LogP contribution in [0, 0.1) is 6.92 Å². The van der Waals surface area contributed by atoms with Crippen LogP contribution < -0.4 is 0 Å². The van der Waals surface area contributed by atoms with Gasteiger partial charge in [0.05, 0.1) is 26.0 Å². The van der Waals surface area contributed by atoms with E-state index in [4.69, 9.17) is 34.8 Å². The van der Waals surface area contributed by atoms with Crippen molar-refractivity contribution in [3.8, 4) is 0 Å². The van der Waals surface area contributed by atoms with Crippen LogP contribution >= 0.6 is 62.5 Å². The van der Waals surface area contributed by atoms with Crippen molar-refractivity contribution in [1.82, 2.24) is 8.87 Å². The molecule has 2 aromatic carbocycles. The summed E-state index contributed by atoms with van der Waals surface area (Å²) in [6, 6.07) is 8.16. The molecule has 0 radical (unpaired) electrons. The van der Waals surface area contributed by atoms with Crippen LogP contribution in [0.5, 0.6) is 0 Å². The zero-order chi connectivity index (χ0) is 21.7. The standard InChI is InChI=1S/C19H18BrCl3N2O2S2/c1-10-19(28-11(2)24(3)4)13-7-12(20)5-6-17(13)25(10)29(26,27)18-9-15(22)14(21)8-16(18)23/h5-9,11H,1-4H3. The smallest absolute Gasteiger partial charge is 0.269 e. The number of rotatable bonds is 5. The molecule has 4 nitrogen and oxygen atoms in total. The van der Waals surface area contributed by atoms with Gasteiger partial charge in [0.15, 0.2) is 0 Å². The number of halogens is 4. The van der Waals surface area contributed by atoms with E-state index >= 15 is 0 Å². The molecule has 0 aliphatic rings. The van der Waals surface area contributed by atoms with E-state index in [2.05, 4.69) is 27.8 Å². The van der Waals surface area contributed by atoms with Gasteiger partial charge in [0.25, 0.3) is 10.0 Å². The molecule has 156 valence electrons. The molecule has 1 unspecified atom stereocenters. The molecule has 10 heteroatoms. The Morgan fingerprint density at radius 2 is 1.69 bits per heavy atom. The summed E-state index contributed by atoms with van der Waals surface area (Å²) in [5.74, 6) is 0. The van der Waals surface area contributed by atoms with E-state index in [1.54, 1.807) is 24.8 Å². The zero-order valence-electron chi connectivity index (χ0n) is 16.0. The van der Waals surface area contributed by atoms with E-state index in [9.17, 15) is 8.42 Å². The third-order valence-electron chi connectivity index (χ3n) is 4.56. The Labute approximate surface area is 198 Å². The molecule has 0 aliphatic heterocycles. The average Bonchev–Trinajstić information content (AvgIpc) is 2.89. The van der Waals surface area contributed by atoms with Gasteiger partial charge in [-0.2, -0.15) is 0 Å². The van der Waals surface area contributed by atoms with E-state index in [1.807, 2.05) is 26.2 Å². The van der Waals surface area contributed by atoms with Gasteiger partial charge in [0.2, 0.25) is 0 Å². The monoisotopic (exact) mass is 554 g/mol. The van der Waals surface area contributed by atoms with Crippen molar-refractivity contribution in [2.45, 2.75) is 29.0 Å². The van der Waals surface area contributed by atoms with Crippen LogP contribution in [0.25, 0.3) is 10.9 Å². The molecule has 0 fully saturated rings. The molecule has 29 heavy (non-hydrogen) atoms. The number of benzene rings is 2. The van der Waals surface area contributed by atoms with Gasteiger partial charge in [-0.25, -0.2) is 12.4 Å². The van der Waals surface area contributed by atoms with Crippen LogP contribution in [0.1, 0.15) is 12.6 Å². The van der Waals surface area contributed by atoms with Crippen molar-refractivity contribution in [1.29, 1.82) is 0 Å². The lowest BCUT2D eigenvalue weighted by Gasteiger charge is -2.19. The second kappa shape index (κ2) is 8.61. The minimum absolute atomic E-state index is 0.0219. The minimum Gasteiger partial charge on any atom is -0.298 e. The largest absolute Gasteiger partial charge is 0.298 e. The predicted molar refractivity (Wildman–Crippen MR) is 127 cm³/mol. The topological polar surface area (TPSA) is 42.3 Å². The lowest BCUT2D eigenvalue weighted by Crippen LogP contribution is -2.21. The van der Waals surface area contributed by atoms with Crippen LogP contribution in [0.15, 0.2) is 44.6 Å². The predicted octanol–water partition coefficient (Wildman–Crippen LogP) is 6.91. The summed E-state index contributed by atoms with van der Waals surface area (Å²) in [6.07, 6.45) is 0. The van der Waals surface area contributed by atoms with Crippen LogP contribution in [-0.2, 0) is 10.0 Å². The van der Waals surface area contributed by atoms with Gasteiger partial charge >= 0.3 is 0 Å². The highest BCUT2D eigenvalue weighted by Gasteiger charge is 2.28. The second-order valence-electron chi connectivity index (χ2n) is 6.72. The van der Waals surface area contributed by atoms with Crippen LogP contribution in [0.2, 0.25) is 15.1 Å². The summed E-state index contributed by atoms with van der Waals surface area (Å²) in [5, 5.41) is 1.33. The summed E-state index contributed by atoms with van der Waals surface area (Å²) in [5.41, 5.74) is 1.18. The minimum atomic E-state index is -4.01. The lowest BCUT2D eigenvalue weighted by molar-refractivity contribution is 0.402. The fourth-order valence-corrected chi connectivity index (χ4v) is 6.94. The number of hydrogen-bond donors (Lipinski definition) is 0. The summed E-state index contributed by atoms with van der Waals surface area (Å²) in [4.78, 5) is 2.87. The third kappa shape index (κ3) is 4.33. The lowest BCUT2D eigenvalue weighted by atomic mass is 10.2. The van der Waals surface area contributed by atoms with Crippen molar-refractivity contribution < 1.29 is 8.42 Å². The Kier molecular flexibility index (Phi) is 6.91. The van der Waals surface area contributed by atoms with Crippen LogP contribution in [-0.4, -0.2) is 36.8 Å². The van der Waals surface area contributed by atoms with Gasteiger partial charge < -0.3 is 0 Å². The number of thioether (sulfide) groups is 1. The maximum Gasteiger partial charge on any atom is 0.269 e. The van der Waals surface area contributed by atoms with E-state index in [1.165, 1.54) is 16.1 Å². The normalized spacial score (nSPS) is 13.4. The number of hydrogen-bond acceptors (Lipinski definition) is 4. The summed E-state index contributed by atoms with van der Waals surface area (Å²) < 4.78 is 29.4. The first-order valence-corrected chi connectivity index (χ1v) is 12.7. The van der Waals surface area contributed by atoms with Gasteiger partial charge in [-0.05, 0) is 58.3 Å². The molecular weight excluding hydrogens is 539 g/mol. The Morgan fingerprint density at radius 1 is 1.07 bits per heavy atom. The molecule has 0 amide bonds. The molecule has 0 aliphatic carbocycles. The Hall–Kier alpha value is -0.410. The average molecular weight is 557 g/mol. The van der Waals surface area contributed by atoms with Crippen molar-refractivity contribution in [3.63, 3.8) is 0 Å². The van der Waals surface area contributed by atoms with Crippen molar-refractivity contribution in [3.05, 3.63) is 55.6 Å². The maximum atomic E-state index is 13.6. The van der Waals surface area contributed by atoms with Crippen LogP contribution in [0.4, 0.5) is 0 Å². The zero-order valence-corrected chi connectivity index (χ0v) is 21.5. The van der Waals surface area contributed by atoms with E-state index in [0.29, 0.717) is 11.2 Å². The molecule has 0 spiro atoms. The summed E-state index contributed by atoms with van der Waals surface area (Å²) in [7, 11) is -0.0539. The quantitative estimate of drug-likeness (QED) is 0.195. The molecule has 1 atom stereocenters. The highest BCUT2D eigenvalue weighted by molar-refractivity contribution is 9.10.